The minimum absolute atomic E-state index is 0.0622. The smallest absolute Gasteiger partial charge is 0.326 e. The van der Waals surface area contributed by atoms with E-state index in [1.807, 2.05) is 0 Å². The van der Waals surface area contributed by atoms with Gasteiger partial charge in [-0.05, 0) is 36.4 Å². The van der Waals surface area contributed by atoms with E-state index in [0.29, 0.717) is 22.6 Å². The Bertz CT molecular complexity index is 1170. The third-order valence-corrected chi connectivity index (χ3v) is 4.77. The highest BCUT2D eigenvalue weighted by molar-refractivity contribution is 6.14. The lowest BCUT2D eigenvalue weighted by molar-refractivity contribution is -0.143. The van der Waals surface area contributed by atoms with Crippen molar-refractivity contribution in [2.45, 2.75) is 12.5 Å². The highest BCUT2D eigenvalue weighted by Crippen LogP contribution is 2.36. The summed E-state index contributed by atoms with van der Waals surface area (Å²) in [6.45, 7) is -0.529. The van der Waals surface area contributed by atoms with E-state index in [-0.39, 0.29) is 23.0 Å². The highest BCUT2D eigenvalue weighted by Gasteiger charge is 2.28. The van der Waals surface area contributed by atoms with E-state index < -0.39 is 36.9 Å². The van der Waals surface area contributed by atoms with Gasteiger partial charge in [-0.1, -0.05) is 0 Å². The molecule has 0 saturated carbocycles. The summed E-state index contributed by atoms with van der Waals surface area (Å²) >= 11 is 0. The Hall–Kier alpha value is -4.54. The number of primary amides is 1. The van der Waals surface area contributed by atoms with Gasteiger partial charge in [0.1, 0.15) is 29.0 Å². The van der Waals surface area contributed by atoms with Crippen molar-refractivity contribution in [3.05, 3.63) is 53.3 Å². The summed E-state index contributed by atoms with van der Waals surface area (Å²) in [5.74, 6) is -1.79. The van der Waals surface area contributed by atoms with Crippen LogP contribution in [0.5, 0.6) is 23.0 Å². The quantitative estimate of drug-likeness (QED) is 0.432. The molecule has 2 aromatic rings. The number of methoxy groups -OCH3 is 2. The van der Waals surface area contributed by atoms with Crippen LogP contribution in [0, 0.1) is 0 Å². The zero-order valence-electron chi connectivity index (χ0n) is 18.3. The van der Waals surface area contributed by atoms with Crippen molar-refractivity contribution in [3.8, 4) is 23.0 Å². The van der Waals surface area contributed by atoms with Gasteiger partial charge < -0.3 is 35.1 Å². The topological polar surface area (TPSA) is 163 Å². The van der Waals surface area contributed by atoms with Crippen molar-refractivity contribution in [1.29, 1.82) is 0 Å². The molecule has 1 aliphatic rings. The van der Waals surface area contributed by atoms with Crippen LogP contribution in [0.4, 0.5) is 0 Å². The lowest BCUT2D eigenvalue weighted by Crippen LogP contribution is -2.45. The van der Waals surface area contributed by atoms with Gasteiger partial charge in [-0.3, -0.25) is 14.4 Å². The van der Waals surface area contributed by atoms with E-state index in [2.05, 4.69) is 5.32 Å². The first-order chi connectivity index (χ1) is 16.2. The second-order valence-electron chi connectivity index (χ2n) is 7.12. The molecule has 0 aromatic heterocycles. The molecule has 2 aromatic carbocycles. The Labute approximate surface area is 194 Å². The van der Waals surface area contributed by atoms with Crippen molar-refractivity contribution in [1.82, 2.24) is 5.32 Å². The number of hydrogen-bond acceptors (Lipinski definition) is 8. The molecule has 11 heteroatoms. The molecule has 0 saturated heterocycles. The van der Waals surface area contributed by atoms with E-state index in [9.17, 15) is 19.2 Å². The fourth-order valence-electron chi connectivity index (χ4n) is 3.14. The molecule has 0 bridgehead atoms. The molecular formula is C23H22N2O9. The van der Waals surface area contributed by atoms with Crippen LogP contribution in [0.3, 0.4) is 0 Å². The van der Waals surface area contributed by atoms with Crippen LogP contribution < -0.4 is 30.0 Å². The number of benzene rings is 2. The maximum absolute atomic E-state index is 12.7. The van der Waals surface area contributed by atoms with Crippen LogP contribution in [0.25, 0.3) is 6.08 Å². The van der Waals surface area contributed by atoms with E-state index in [4.69, 9.17) is 29.8 Å². The number of amides is 2. The van der Waals surface area contributed by atoms with Crippen LogP contribution in [-0.2, 0) is 14.4 Å². The fourth-order valence-corrected chi connectivity index (χ4v) is 3.14. The Kier molecular flexibility index (Phi) is 7.36. The summed E-state index contributed by atoms with van der Waals surface area (Å²) in [7, 11) is 3.02. The molecule has 11 nitrogen and oxygen atoms in total. The number of ether oxygens (including phenoxy) is 4. The van der Waals surface area contributed by atoms with Gasteiger partial charge in [0.2, 0.25) is 11.7 Å². The van der Waals surface area contributed by atoms with Crippen molar-refractivity contribution in [3.63, 3.8) is 0 Å². The molecule has 1 atom stereocenters. The van der Waals surface area contributed by atoms with Gasteiger partial charge in [0.05, 0.1) is 26.2 Å². The average Bonchev–Trinajstić information content (AvgIpc) is 3.11. The second-order valence-corrected chi connectivity index (χ2v) is 7.12. The largest absolute Gasteiger partial charge is 0.497 e. The molecular weight excluding hydrogens is 448 g/mol. The Morgan fingerprint density at radius 1 is 1.12 bits per heavy atom. The first kappa shape index (κ1) is 24.1. The maximum Gasteiger partial charge on any atom is 0.326 e. The van der Waals surface area contributed by atoms with Gasteiger partial charge in [-0.25, -0.2) is 4.79 Å². The van der Waals surface area contributed by atoms with Gasteiger partial charge in [0.25, 0.3) is 5.91 Å². The van der Waals surface area contributed by atoms with Crippen molar-refractivity contribution < 1.29 is 43.2 Å². The maximum atomic E-state index is 12.7. The molecule has 34 heavy (non-hydrogen) atoms. The van der Waals surface area contributed by atoms with Gasteiger partial charge in [0, 0.05) is 11.6 Å². The molecule has 2 amide bonds. The minimum Gasteiger partial charge on any atom is -0.497 e. The molecule has 0 spiro atoms. The molecule has 0 unspecified atom stereocenters. The third-order valence-electron chi connectivity index (χ3n) is 4.77. The number of carboxylic acids is 1. The highest BCUT2D eigenvalue weighted by atomic mass is 16.5. The zero-order valence-corrected chi connectivity index (χ0v) is 18.3. The van der Waals surface area contributed by atoms with E-state index in [0.717, 1.165) is 0 Å². The van der Waals surface area contributed by atoms with Gasteiger partial charge >= 0.3 is 5.97 Å². The minimum atomic E-state index is -1.46. The Morgan fingerprint density at radius 3 is 2.50 bits per heavy atom. The zero-order chi connectivity index (χ0) is 24.8. The molecule has 0 aliphatic carbocycles. The number of Topliss-reactive ketones (excluding diaryl/α,β-unsaturated/α-hetero) is 1. The Balaban J connectivity index is 1.70. The van der Waals surface area contributed by atoms with Crippen molar-refractivity contribution in [2.24, 2.45) is 5.73 Å². The first-order valence-corrected chi connectivity index (χ1v) is 9.95. The van der Waals surface area contributed by atoms with Gasteiger partial charge in [-0.15, -0.1) is 0 Å². The lowest BCUT2D eigenvalue weighted by atomic mass is 10.1. The standard InChI is InChI=1S/C23H22N2O9/c1-31-13-4-6-17(32-2)12(7-13)8-19-22(28)15-5-3-14(9-18(15)34-19)33-11-21(27)25-16(23(29)30)10-20(24)26/h3-9,16H,10-11H2,1-2H3,(H2,24,26)(H,25,27)(H,29,30)/b19-8-/t16-/m1/s1. The number of nitrogens with two attached hydrogens (primary N) is 1. The van der Waals surface area contributed by atoms with Crippen LogP contribution in [-0.4, -0.2) is 55.5 Å². The average molecular weight is 470 g/mol. The van der Waals surface area contributed by atoms with Crippen molar-refractivity contribution in [2.75, 3.05) is 20.8 Å². The summed E-state index contributed by atoms with van der Waals surface area (Å²) in [5.41, 5.74) is 5.86. The summed E-state index contributed by atoms with van der Waals surface area (Å²) in [6.07, 6.45) is 0.978. The predicted octanol–water partition coefficient (Wildman–Crippen LogP) is 1.14. The number of carbonyl (C=O) groups is 4. The summed E-state index contributed by atoms with van der Waals surface area (Å²) in [4.78, 5) is 46.8. The first-order valence-electron chi connectivity index (χ1n) is 9.95. The number of hydrogen-bond donors (Lipinski definition) is 3. The van der Waals surface area contributed by atoms with E-state index >= 15 is 0 Å². The van der Waals surface area contributed by atoms with E-state index in [1.165, 1.54) is 38.5 Å². The third kappa shape index (κ3) is 5.63. The van der Waals surface area contributed by atoms with Crippen LogP contribution in [0.1, 0.15) is 22.3 Å². The van der Waals surface area contributed by atoms with Gasteiger partial charge in [0.15, 0.2) is 12.4 Å². The molecule has 0 radical (unpaired) electrons. The Morgan fingerprint density at radius 2 is 1.85 bits per heavy atom. The molecule has 1 heterocycles. The van der Waals surface area contributed by atoms with Gasteiger partial charge in [-0.2, -0.15) is 0 Å². The predicted molar refractivity (Wildman–Crippen MR) is 118 cm³/mol. The molecule has 178 valence electrons. The van der Waals surface area contributed by atoms with Crippen LogP contribution in [0.2, 0.25) is 0 Å². The summed E-state index contributed by atoms with van der Waals surface area (Å²) < 4.78 is 21.6. The monoisotopic (exact) mass is 470 g/mol. The number of rotatable bonds is 10. The van der Waals surface area contributed by atoms with E-state index in [1.54, 1.807) is 18.2 Å². The van der Waals surface area contributed by atoms with Crippen molar-refractivity contribution >= 4 is 29.6 Å². The number of fused-ring (bicyclic) bond motifs is 1. The van der Waals surface area contributed by atoms with Crippen LogP contribution >= 0.6 is 0 Å². The molecule has 0 fully saturated rings. The number of ketones is 1. The molecule has 4 N–H and O–H groups in total. The molecule has 1 aliphatic heterocycles. The number of allylic oxidation sites excluding steroid dienone is 1. The SMILES string of the molecule is COc1ccc(OC)c(/C=C2\Oc3cc(OCC(=O)N[C@H](CC(N)=O)C(=O)O)ccc3C2=O)c1. The normalized spacial score (nSPS) is 14.1. The number of nitrogens with one attached hydrogen (secondary N) is 1. The summed E-state index contributed by atoms with van der Waals surface area (Å²) in [5, 5.41) is 11.2. The number of aliphatic carboxylic acids is 1. The number of carboxylic acid groups (broad SMARTS) is 1. The molecule has 3 rings (SSSR count). The second kappa shape index (κ2) is 10.4. The van der Waals surface area contributed by atoms with Crippen LogP contribution in [0.15, 0.2) is 42.2 Å². The lowest BCUT2D eigenvalue weighted by Gasteiger charge is -2.13. The number of carbonyl (C=O) groups excluding carboxylic acids is 3. The fraction of sp³-hybridized carbons (Fsp3) is 0.217. The summed E-state index contributed by atoms with van der Waals surface area (Å²) in [6, 6.07) is 8.05.